The van der Waals surface area contributed by atoms with Crippen molar-refractivity contribution in [3.05, 3.63) is 46.2 Å². The summed E-state index contributed by atoms with van der Waals surface area (Å²) in [5, 5.41) is 1.13. The van der Waals surface area contributed by atoms with Crippen LogP contribution in [-0.2, 0) is 4.74 Å². The fourth-order valence-corrected chi connectivity index (χ4v) is 2.14. The molecule has 2 aromatic carbocycles. The van der Waals surface area contributed by atoms with Crippen LogP contribution in [0.25, 0.3) is 10.8 Å². The van der Waals surface area contributed by atoms with Crippen molar-refractivity contribution in [2.45, 2.75) is 0 Å². The largest absolute Gasteiger partial charge is 0.465 e. The molecule has 0 N–H and O–H groups in total. The number of fused-ring (bicyclic) bond motifs is 1. The van der Waals surface area contributed by atoms with Crippen LogP contribution in [0.2, 0.25) is 0 Å². The average molecular weight is 283 g/mol. The molecule has 0 amide bonds. The highest BCUT2D eigenvalue weighted by Crippen LogP contribution is 2.27. The van der Waals surface area contributed by atoms with Gasteiger partial charge >= 0.3 is 5.97 Å². The van der Waals surface area contributed by atoms with Gasteiger partial charge in [-0.25, -0.2) is 9.18 Å². The van der Waals surface area contributed by atoms with E-state index < -0.39 is 11.8 Å². The van der Waals surface area contributed by atoms with Gasteiger partial charge in [0.2, 0.25) is 0 Å². The van der Waals surface area contributed by atoms with Gasteiger partial charge in [0.05, 0.1) is 12.7 Å². The third-order valence-electron chi connectivity index (χ3n) is 2.30. The van der Waals surface area contributed by atoms with Crippen molar-refractivity contribution in [2.75, 3.05) is 7.11 Å². The van der Waals surface area contributed by atoms with E-state index in [4.69, 9.17) is 0 Å². The SMILES string of the molecule is COC(=O)c1cc(F)c2c(Br)cccc2c1. The van der Waals surface area contributed by atoms with Crippen LogP contribution in [0.3, 0.4) is 0 Å². The summed E-state index contributed by atoms with van der Waals surface area (Å²) in [6, 6.07) is 8.07. The van der Waals surface area contributed by atoms with Crippen molar-refractivity contribution >= 4 is 32.7 Å². The van der Waals surface area contributed by atoms with Crippen molar-refractivity contribution in [3.8, 4) is 0 Å². The van der Waals surface area contributed by atoms with Gasteiger partial charge < -0.3 is 4.74 Å². The predicted molar refractivity (Wildman–Crippen MR) is 62.9 cm³/mol. The molecule has 4 heteroatoms. The first-order valence-corrected chi connectivity index (χ1v) is 5.39. The summed E-state index contributed by atoms with van der Waals surface area (Å²) in [6.45, 7) is 0. The van der Waals surface area contributed by atoms with Gasteiger partial charge in [0, 0.05) is 9.86 Å². The fourth-order valence-electron chi connectivity index (χ4n) is 1.57. The maximum Gasteiger partial charge on any atom is 0.337 e. The molecule has 0 aliphatic rings. The zero-order chi connectivity index (χ0) is 11.7. The van der Waals surface area contributed by atoms with E-state index in [9.17, 15) is 9.18 Å². The quantitative estimate of drug-likeness (QED) is 0.748. The molecule has 0 saturated heterocycles. The number of hydrogen-bond donors (Lipinski definition) is 0. The van der Waals surface area contributed by atoms with E-state index in [1.54, 1.807) is 24.3 Å². The number of halogens is 2. The van der Waals surface area contributed by atoms with Gasteiger partial charge in [-0.2, -0.15) is 0 Å². The number of esters is 1. The molecule has 82 valence electrons. The molecule has 2 rings (SSSR count). The van der Waals surface area contributed by atoms with Crippen LogP contribution in [0.15, 0.2) is 34.8 Å². The highest BCUT2D eigenvalue weighted by Gasteiger charge is 2.11. The molecule has 0 aromatic heterocycles. The molecule has 0 radical (unpaired) electrons. The number of hydrogen-bond acceptors (Lipinski definition) is 2. The van der Waals surface area contributed by atoms with E-state index in [0.29, 0.717) is 15.2 Å². The molecule has 16 heavy (non-hydrogen) atoms. The zero-order valence-electron chi connectivity index (χ0n) is 8.46. The Morgan fingerprint density at radius 1 is 1.38 bits per heavy atom. The first-order chi connectivity index (χ1) is 7.63. The zero-order valence-corrected chi connectivity index (χ0v) is 10.0. The summed E-state index contributed by atoms with van der Waals surface area (Å²) in [5.74, 6) is -0.980. The Kier molecular flexibility index (Phi) is 2.92. The van der Waals surface area contributed by atoms with Crippen molar-refractivity contribution in [3.63, 3.8) is 0 Å². The summed E-state index contributed by atoms with van der Waals surface area (Å²) < 4.78 is 19.0. The summed E-state index contributed by atoms with van der Waals surface area (Å²) in [7, 11) is 1.27. The summed E-state index contributed by atoms with van der Waals surface area (Å²) in [6.07, 6.45) is 0. The number of carbonyl (C=O) groups excluding carboxylic acids is 1. The molecule has 0 heterocycles. The number of carbonyl (C=O) groups is 1. The maximum atomic E-state index is 13.8. The van der Waals surface area contributed by atoms with Crippen molar-refractivity contribution < 1.29 is 13.9 Å². The van der Waals surface area contributed by atoms with E-state index in [1.807, 2.05) is 0 Å². The molecule has 0 aliphatic carbocycles. The topological polar surface area (TPSA) is 26.3 Å². The van der Waals surface area contributed by atoms with Crippen molar-refractivity contribution in [2.24, 2.45) is 0 Å². The van der Waals surface area contributed by atoms with E-state index >= 15 is 0 Å². The van der Waals surface area contributed by atoms with E-state index in [1.165, 1.54) is 13.2 Å². The Morgan fingerprint density at radius 2 is 2.12 bits per heavy atom. The van der Waals surface area contributed by atoms with Gasteiger partial charge in [-0.3, -0.25) is 0 Å². The Balaban J connectivity index is 2.73. The van der Waals surface area contributed by atoms with E-state index in [2.05, 4.69) is 20.7 Å². The van der Waals surface area contributed by atoms with Gasteiger partial charge in [0.25, 0.3) is 0 Å². The number of methoxy groups -OCH3 is 1. The molecule has 2 nitrogen and oxygen atoms in total. The molecule has 0 fully saturated rings. The van der Waals surface area contributed by atoms with Crippen LogP contribution in [0.1, 0.15) is 10.4 Å². The summed E-state index contributed by atoms with van der Waals surface area (Å²) >= 11 is 3.27. The second-order valence-electron chi connectivity index (χ2n) is 3.29. The lowest BCUT2D eigenvalue weighted by molar-refractivity contribution is 0.0600. The second-order valence-corrected chi connectivity index (χ2v) is 4.14. The summed E-state index contributed by atoms with van der Waals surface area (Å²) in [5.41, 5.74) is 0.214. The van der Waals surface area contributed by atoms with Gasteiger partial charge in [-0.05, 0) is 23.6 Å². The Morgan fingerprint density at radius 3 is 2.81 bits per heavy atom. The standard InChI is InChI=1S/C12H8BrFO2/c1-16-12(15)8-5-7-3-2-4-9(13)11(7)10(14)6-8/h2-6H,1H3. The van der Waals surface area contributed by atoms with Gasteiger partial charge in [-0.1, -0.05) is 28.1 Å². The molecule has 2 aromatic rings. The number of rotatable bonds is 1. The molecular weight excluding hydrogens is 275 g/mol. The molecule has 0 atom stereocenters. The minimum absolute atomic E-state index is 0.214. The first kappa shape index (κ1) is 11.1. The third kappa shape index (κ3) is 1.80. The smallest absolute Gasteiger partial charge is 0.337 e. The highest BCUT2D eigenvalue weighted by atomic mass is 79.9. The summed E-state index contributed by atoms with van der Waals surface area (Å²) in [4.78, 5) is 11.3. The minimum Gasteiger partial charge on any atom is -0.465 e. The van der Waals surface area contributed by atoms with Crippen LogP contribution in [0.4, 0.5) is 4.39 Å². The molecule has 0 aliphatic heterocycles. The van der Waals surface area contributed by atoms with Gasteiger partial charge in [-0.15, -0.1) is 0 Å². The number of benzene rings is 2. The van der Waals surface area contributed by atoms with Crippen LogP contribution in [0.5, 0.6) is 0 Å². The molecular formula is C12H8BrFO2. The molecule has 0 unspecified atom stereocenters. The molecule has 0 saturated carbocycles. The van der Waals surface area contributed by atoms with E-state index in [0.717, 1.165) is 0 Å². The minimum atomic E-state index is -0.541. The fraction of sp³-hybridized carbons (Fsp3) is 0.0833. The molecule has 0 spiro atoms. The Bertz CT molecular complexity index is 566. The van der Waals surface area contributed by atoms with Crippen LogP contribution >= 0.6 is 15.9 Å². The lowest BCUT2D eigenvalue weighted by Gasteiger charge is -2.05. The maximum absolute atomic E-state index is 13.8. The van der Waals surface area contributed by atoms with Crippen molar-refractivity contribution in [1.29, 1.82) is 0 Å². The molecule has 0 bridgehead atoms. The average Bonchev–Trinajstić information content (AvgIpc) is 2.27. The Hall–Kier alpha value is -1.42. The van der Waals surface area contributed by atoms with Crippen molar-refractivity contribution in [1.82, 2.24) is 0 Å². The van der Waals surface area contributed by atoms with Crippen LogP contribution in [-0.4, -0.2) is 13.1 Å². The van der Waals surface area contributed by atoms with Crippen LogP contribution in [0, 0.1) is 5.82 Å². The lowest BCUT2D eigenvalue weighted by Crippen LogP contribution is -2.01. The highest BCUT2D eigenvalue weighted by molar-refractivity contribution is 9.10. The normalized spacial score (nSPS) is 10.4. The predicted octanol–water partition coefficient (Wildman–Crippen LogP) is 3.53. The van der Waals surface area contributed by atoms with Gasteiger partial charge in [0.15, 0.2) is 0 Å². The lowest BCUT2D eigenvalue weighted by atomic mass is 10.1. The van der Waals surface area contributed by atoms with Gasteiger partial charge in [0.1, 0.15) is 5.82 Å². The van der Waals surface area contributed by atoms with Crippen LogP contribution < -0.4 is 0 Å². The Labute approximate surface area is 100 Å². The number of ether oxygens (including phenoxy) is 1. The second kappa shape index (κ2) is 4.22. The monoisotopic (exact) mass is 282 g/mol. The third-order valence-corrected chi connectivity index (χ3v) is 2.96. The van der Waals surface area contributed by atoms with E-state index in [-0.39, 0.29) is 5.56 Å². The first-order valence-electron chi connectivity index (χ1n) is 4.59.